The van der Waals surface area contributed by atoms with Crippen molar-refractivity contribution < 1.29 is 13.2 Å². The fourth-order valence-electron chi connectivity index (χ4n) is 4.87. The lowest BCUT2D eigenvalue weighted by atomic mass is 10.1. The highest BCUT2D eigenvalue weighted by molar-refractivity contribution is 7.93. The summed E-state index contributed by atoms with van der Waals surface area (Å²) in [7, 11) is -3.33. The summed E-state index contributed by atoms with van der Waals surface area (Å²) >= 11 is 0. The van der Waals surface area contributed by atoms with Crippen molar-refractivity contribution in [2.75, 3.05) is 21.9 Å². The van der Waals surface area contributed by atoms with E-state index in [0.717, 1.165) is 33.1 Å². The summed E-state index contributed by atoms with van der Waals surface area (Å²) in [6.07, 6.45) is 0.585. The number of carbonyl (C=O) groups is 1. The van der Waals surface area contributed by atoms with E-state index in [-0.39, 0.29) is 11.7 Å². The van der Waals surface area contributed by atoms with Gasteiger partial charge in [0, 0.05) is 22.9 Å². The Labute approximate surface area is 196 Å². The molecular weight excluding hydrogens is 448 g/mol. The van der Waals surface area contributed by atoms with Crippen LogP contribution in [-0.4, -0.2) is 36.0 Å². The maximum atomic E-state index is 13.4. The smallest absolute Gasteiger partial charge is 0.255 e. The largest absolute Gasteiger partial charge is 0.320 e. The number of nitrogens with zero attached hydrogens (tertiary/aromatic N) is 3. The van der Waals surface area contributed by atoms with E-state index in [2.05, 4.69) is 9.72 Å². The molecule has 0 spiro atoms. The third kappa shape index (κ3) is 3.13. The molecule has 0 unspecified atom stereocenters. The van der Waals surface area contributed by atoms with Gasteiger partial charge in [0.1, 0.15) is 5.82 Å². The molecule has 0 saturated carbocycles. The van der Waals surface area contributed by atoms with Crippen molar-refractivity contribution in [1.82, 2.24) is 9.38 Å². The Morgan fingerprint density at radius 1 is 0.971 bits per heavy atom. The van der Waals surface area contributed by atoms with Gasteiger partial charge in [-0.15, -0.1) is 0 Å². The highest BCUT2D eigenvalue weighted by Crippen LogP contribution is 2.36. The number of amides is 1. The van der Waals surface area contributed by atoms with Crippen LogP contribution in [0.4, 0.5) is 11.4 Å². The average Bonchev–Trinajstić information content (AvgIpc) is 3.37. The second-order valence-electron chi connectivity index (χ2n) is 8.50. The van der Waals surface area contributed by atoms with E-state index >= 15 is 0 Å². The molecule has 1 fully saturated rings. The van der Waals surface area contributed by atoms with E-state index in [9.17, 15) is 13.2 Å². The van der Waals surface area contributed by atoms with Crippen molar-refractivity contribution >= 4 is 54.6 Å². The number of aromatic nitrogens is 2. The molecule has 2 aromatic heterocycles. The van der Waals surface area contributed by atoms with Crippen LogP contribution in [0.5, 0.6) is 0 Å². The van der Waals surface area contributed by atoms with E-state index in [1.807, 2.05) is 55.5 Å². The van der Waals surface area contributed by atoms with Crippen LogP contribution < -0.4 is 9.62 Å². The van der Waals surface area contributed by atoms with Crippen LogP contribution in [0.25, 0.3) is 27.3 Å². The van der Waals surface area contributed by atoms with Gasteiger partial charge in [0.25, 0.3) is 5.91 Å². The van der Waals surface area contributed by atoms with Crippen LogP contribution in [-0.2, 0) is 10.0 Å². The molecule has 1 saturated heterocycles. The molecule has 0 atom stereocenters. The quantitative estimate of drug-likeness (QED) is 0.413. The predicted octanol–water partition coefficient (Wildman–Crippen LogP) is 4.74. The average molecular weight is 471 g/mol. The first-order chi connectivity index (χ1) is 16.4. The van der Waals surface area contributed by atoms with Gasteiger partial charge in [-0.25, -0.2) is 13.4 Å². The lowest BCUT2D eigenvalue weighted by Gasteiger charge is -2.17. The number of para-hydroxylation sites is 2. The van der Waals surface area contributed by atoms with Crippen LogP contribution in [0.1, 0.15) is 22.6 Å². The Morgan fingerprint density at radius 2 is 1.74 bits per heavy atom. The fraction of sp³-hybridized carbons (Fsp3) is 0.154. The van der Waals surface area contributed by atoms with Crippen molar-refractivity contribution in [2.24, 2.45) is 0 Å². The monoisotopic (exact) mass is 470 g/mol. The SMILES string of the molecule is Cc1nc2ccccc2c2c(NC(=O)c3cccc(N4CCCS4(=O)=O)c3)c3ccccc3n12. The van der Waals surface area contributed by atoms with E-state index in [0.29, 0.717) is 29.9 Å². The molecule has 1 aliphatic rings. The van der Waals surface area contributed by atoms with Crippen LogP contribution in [0.3, 0.4) is 0 Å². The summed E-state index contributed by atoms with van der Waals surface area (Å²) in [5.41, 5.74) is 4.32. The molecule has 1 N–H and O–H groups in total. The molecule has 1 aliphatic heterocycles. The highest BCUT2D eigenvalue weighted by atomic mass is 32.2. The zero-order valence-electron chi connectivity index (χ0n) is 18.5. The Kier molecular flexibility index (Phi) is 4.60. The minimum atomic E-state index is -3.33. The van der Waals surface area contributed by atoms with Crippen LogP contribution in [0.15, 0.2) is 72.8 Å². The number of hydrogen-bond donors (Lipinski definition) is 1. The van der Waals surface area contributed by atoms with Gasteiger partial charge < -0.3 is 5.32 Å². The first-order valence-electron chi connectivity index (χ1n) is 11.1. The van der Waals surface area contributed by atoms with Gasteiger partial charge in [-0.05, 0) is 43.7 Å². The van der Waals surface area contributed by atoms with Crippen molar-refractivity contribution in [1.29, 1.82) is 0 Å². The van der Waals surface area contributed by atoms with E-state index in [1.54, 1.807) is 24.3 Å². The molecule has 0 bridgehead atoms. The summed E-state index contributed by atoms with van der Waals surface area (Å²) in [4.78, 5) is 18.2. The highest BCUT2D eigenvalue weighted by Gasteiger charge is 2.29. The number of hydrogen-bond acceptors (Lipinski definition) is 4. The summed E-state index contributed by atoms with van der Waals surface area (Å²) < 4.78 is 28.2. The van der Waals surface area contributed by atoms with Gasteiger partial charge in [0.05, 0.1) is 33.7 Å². The molecular formula is C26H22N4O3S. The number of fused-ring (bicyclic) bond motifs is 5. The van der Waals surface area contributed by atoms with Crippen LogP contribution in [0, 0.1) is 6.92 Å². The Morgan fingerprint density at radius 3 is 2.53 bits per heavy atom. The number of nitrogens with one attached hydrogen (secondary N) is 1. The maximum absolute atomic E-state index is 13.4. The third-order valence-corrected chi connectivity index (χ3v) is 8.24. The summed E-state index contributed by atoms with van der Waals surface area (Å²) in [5, 5.41) is 4.98. The Bertz CT molecular complexity index is 1720. The maximum Gasteiger partial charge on any atom is 0.255 e. The van der Waals surface area contributed by atoms with E-state index in [4.69, 9.17) is 4.98 Å². The second kappa shape index (κ2) is 7.56. The third-order valence-electron chi connectivity index (χ3n) is 6.37. The number of rotatable bonds is 3. The minimum Gasteiger partial charge on any atom is -0.320 e. The molecule has 7 nitrogen and oxygen atoms in total. The lowest BCUT2D eigenvalue weighted by Crippen LogP contribution is -2.25. The number of benzene rings is 3. The fourth-order valence-corrected chi connectivity index (χ4v) is 6.43. The Balaban J connectivity index is 1.50. The minimum absolute atomic E-state index is 0.132. The van der Waals surface area contributed by atoms with Crippen LogP contribution >= 0.6 is 0 Å². The van der Waals surface area contributed by atoms with Gasteiger partial charge in [0.15, 0.2) is 0 Å². The van der Waals surface area contributed by atoms with Crippen LogP contribution in [0.2, 0.25) is 0 Å². The molecule has 34 heavy (non-hydrogen) atoms. The molecule has 1 amide bonds. The topological polar surface area (TPSA) is 83.8 Å². The summed E-state index contributed by atoms with van der Waals surface area (Å²) in [6, 6.07) is 22.6. The van der Waals surface area contributed by atoms with Gasteiger partial charge in [0.2, 0.25) is 10.0 Å². The number of sulfonamides is 1. The standard InChI is InChI=1S/C26H22N4O3S/c1-17-27-22-12-4-2-10-20(22)25-24(21-11-3-5-13-23(21)30(17)25)28-26(31)18-8-6-9-19(16-18)29-14-7-15-34(29,32)33/h2-6,8-13,16H,7,14-15H2,1H3,(H,28,31). The predicted molar refractivity (Wildman–Crippen MR) is 135 cm³/mol. The first kappa shape index (κ1) is 20.7. The number of anilines is 2. The van der Waals surface area contributed by atoms with E-state index in [1.165, 1.54) is 4.31 Å². The van der Waals surface area contributed by atoms with Crippen molar-refractivity contribution in [3.05, 3.63) is 84.2 Å². The molecule has 170 valence electrons. The van der Waals surface area contributed by atoms with Gasteiger partial charge >= 0.3 is 0 Å². The molecule has 0 aliphatic carbocycles. The van der Waals surface area contributed by atoms with Gasteiger partial charge in [-0.3, -0.25) is 13.5 Å². The zero-order chi connectivity index (χ0) is 23.4. The van der Waals surface area contributed by atoms with Crippen molar-refractivity contribution in [2.45, 2.75) is 13.3 Å². The summed E-state index contributed by atoms with van der Waals surface area (Å²) in [5.74, 6) is 0.661. The molecule has 8 heteroatoms. The zero-order valence-corrected chi connectivity index (χ0v) is 19.3. The van der Waals surface area contributed by atoms with Gasteiger partial charge in [-0.1, -0.05) is 42.5 Å². The number of aryl methyl sites for hydroxylation is 1. The first-order valence-corrected chi connectivity index (χ1v) is 12.8. The molecule has 6 rings (SSSR count). The molecule has 5 aromatic rings. The number of carbonyl (C=O) groups excluding carboxylic acids is 1. The second-order valence-corrected chi connectivity index (χ2v) is 10.5. The van der Waals surface area contributed by atoms with Gasteiger partial charge in [-0.2, -0.15) is 0 Å². The molecule has 0 radical (unpaired) electrons. The van der Waals surface area contributed by atoms with Crippen molar-refractivity contribution in [3.63, 3.8) is 0 Å². The normalized spacial score (nSPS) is 15.4. The molecule has 3 heterocycles. The van der Waals surface area contributed by atoms with Crippen molar-refractivity contribution in [3.8, 4) is 0 Å². The molecule has 3 aromatic carbocycles. The summed E-state index contributed by atoms with van der Waals surface area (Å²) in [6.45, 7) is 2.39. The lowest BCUT2D eigenvalue weighted by molar-refractivity contribution is 0.102. The van der Waals surface area contributed by atoms with E-state index < -0.39 is 10.0 Å². The Hall–Kier alpha value is -3.91.